The van der Waals surface area contributed by atoms with Crippen LogP contribution in [0.25, 0.3) is 21.8 Å². The molecule has 7 nitrogen and oxygen atoms in total. The molecule has 0 spiro atoms. The fourth-order valence-electron chi connectivity index (χ4n) is 3.22. The Bertz CT molecular complexity index is 996. The zero-order chi connectivity index (χ0) is 16.1. The fourth-order valence-corrected chi connectivity index (χ4v) is 3.22. The Morgan fingerprint density at radius 2 is 2.26 bits per heavy atom. The van der Waals surface area contributed by atoms with E-state index in [4.69, 9.17) is 4.74 Å². The van der Waals surface area contributed by atoms with Crippen LogP contribution in [0.1, 0.15) is 28.4 Å². The van der Waals surface area contributed by atoms with Crippen molar-refractivity contribution in [2.45, 2.75) is 19.4 Å². The van der Waals surface area contributed by atoms with Gasteiger partial charge in [-0.2, -0.15) is 5.10 Å². The van der Waals surface area contributed by atoms with E-state index in [0.717, 1.165) is 6.42 Å². The summed E-state index contributed by atoms with van der Waals surface area (Å²) in [7, 11) is 0. The smallest absolute Gasteiger partial charge is 0.335 e. The molecule has 1 aliphatic heterocycles. The number of H-pyrrole nitrogens is 1. The summed E-state index contributed by atoms with van der Waals surface area (Å²) in [6, 6.07) is 3.37. The Morgan fingerprint density at radius 3 is 2.96 bits per heavy atom. The van der Waals surface area contributed by atoms with Gasteiger partial charge in [0.15, 0.2) is 0 Å². The first-order chi connectivity index (χ1) is 11.1. The molecule has 2 N–H and O–H groups in total. The number of aromatic nitrogens is 3. The lowest BCUT2D eigenvalue weighted by Crippen LogP contribution is -2.13. The maximum Gasteiger partial charge on any atom is 0.335 e. The van der Waals surface area contributed by atoms with E-state index in [1.54, 1.807) is 23.7 Å². The molecule has 0 aliphatic carbocycles. The van der Waals surface area contributed by atoms with Gasteiger partial charge >= 0.3 is 5.97 Å². The van der Waals surface area contributed by atoms with Gasteiger partial charge in [-0.05, 0) is 31.0 Å². The molecule has 7 heteroatoms. The summed E-state index contributed by atoms with van der Waals surface area (Å²) in [6.07, 6.45) is 2.36. The van der Waals surface area contributed by atoms with Crippen molar-refractivity contribution >= 4 is 27.8 Å². The maximum absolute atomic E-state index is 12.3. The number of carbonyl (C=O) groups is 1. The van der Waals surface area contributed by atoms with Gasteiger partial charge in [-0.3, -0.25) is 9.48 Å². The number of benzene rings is 1. The number of fused-ring (bicyclic) bond motifs is 3. The van der Waals surface area contributed by atoms with Gasteiger partial charge in [-0.15, -0.1) is 0 Å². The average molecular weight is 313 g/mol. The van der Waals surface area contributed by atoms with Crippen molar-refractivity contribution < 1.29 is 14.6 Å². The summed E-state index contributed by atoms with van der Waals surface area (Å²) >= 11 is 0. The molecule has 3 heterocycles. The highest BCUT2D eigenvalue weighted by Gasteiger charge is 2.23. The Hall–Kier alpha value is -2.67. The number of hydrogen-bond acceptors (Lipinski definition) is 4. The topological polar surface area (TPSA) is 97.2 Å². The lowest BCUT2D eigenvalue weighted by atomic mass is 10.0. The van der Waals surface area contributed by atoms with Crippen LogP contribution in [-0.2, 0) is 4.74 Å². The minimum absolute atomic E-state index is 0.0621. The molecule has 1 saturated heterocycles. The van der Waals surface area contributed by atoms with Gasteiger partial charge < -0.3 is 14.8 Å². The Labute approximate surface area is 130 Å². The van der Waals surface area contributed by atoms with Gasteiger partial charge in [-0.25, -0.2) is 4.79 Å². The van der Waals surface area contributed by atoms with E-state index in [0.29, 0.717) is 40.6 Å². The molecule has 3 aromatic rings. The summed E-state index contributed by atoms with van der Waals surface area (Å²) in [5.74, 6) is -0.987. The van der Waals surface area contributed by atoms with E-state index in [1.807, 2.05) is 0 Å². The first-order valence-electron chi connectivity index (χ1n) is 7.41. The fraction of sp³-hybridized carbons (Fsp3) is 0.312. The van der Waals surface area contributed by atoms with Crippen molar-refractivity contribution in [3.63, 3.8) is 0 Å². The Kier molecular flexibility index (Phi) is 2.99. The van der Waals surface area contributed by atoms with Crippen LogP contribution in [0.5, 0.6) is 0 Å². The molecule has 1 fully saturated rings. The minimum atomic E-state index is -0.987. The monoisotopic (exact) mass is 313 g/mol. The first-order valence-corrected chi connectivity index (χ1v) is 7.41. The minimum Gasteiger partial charge on any atom is -0.478 e. The molecule has 1 aliphatic rings. The van der Waals surface area contributed by atoms with E-state index in [2.05, 4.69) is 10.1 Å². The van der Waals surface area contributed by atoms with Crippen LogP contribution < -0.4 is 5.56 Å². The molecule has 1 atom stereocenters. The van der Waals surface area contributed by atoms with Crippen LogP contribution in [0.3, 0.4) is 0 Å². The van der Waals surface area contributed by atoms with Crippen molar-refractivity contribution in [1.82, 2.24) is 14.8 Å². The number of pyridine rings is 1. The quantitative estimate of drug-likeness (QED) is 0.752. The van der Waals surface area contributed by atoms with Gasteiger partial charge in [0, 0.05) is 12.0 Å². The summed E-state index contributed by atoms with van der Waals surface area (Å²) in [6.45, 7) is 2.92. The standard InChI is InChI=1S/C16H15N3O4/c1-8-4-13-11(5-10(8)16(21)22)14-12(15(20)18-13)6-17-19(14)9-2-3-23-7-9/h4-6,9H,2-3,7H2,1H3,(H,18,20)(H,21,22)/t9-/m1/s1. The summed E-state index contributed by atoms with van der Waals surface area (Å²) < 4.78 is 7.20. The summed E-state index contributed by atoms with van der Waals surface area (Å²) in [4.78, 5) is 26.5. The van der Waals surface area contributed by atoms with Crippen LogP contribution in [0.15, 0.2) is 23.1 Å². The van der Waals surface area contributed by atoms with Crippen molar-refractivity contribution in [2.75, 3.05) is 13.2 Å². The lowest BCUT2D eigenvalue weighted by Gasteiger charge is -2.12. The largest absolute Gasteiger partial charge is 0.478 e. The number of hydrogen-bond donors (Lipinski definition) is 2. The molecule has 0 unspecified atom stereocenters. The lowest BCUT2D eigenvalue weighted by molar-refractivity contribution is 0.0696. The van der Waals surface area contributed by atoms with Crippen molar-refractivity contribution in [1.29, 1.82) is 0 Å². The second-order valence-corrected chi connectivity index (χ2v) is 5.84. The van der Waals surface area contributed by atoms with E-state index < -0.39 is 5.97 Å². The molecule has 0 saturated carbocycles. The number of nitrogens with zero attached hydrogens (tertiary/aromatic N) is 2. The number of carboxylic acid groups (broad SMARTS) is 1. The first kappa shape index (κ1) is 14.0. The zero-order valence-electron chi connectivity index (χ0n) is 12.5. The molecule has 4 rings (SSSR count). The van der Waals surface area contributed by atoms with Crippen LogP contribution in [0.4, 0.5) is 0 Å². The average Bonchev–Trinajstić information content (AvgIpc) is 3.15. The third-order valence-corrected chi connectivity index (χ3v) is 4.39. The highest BCUT2D eigenvalue weighted by molar-refractivity contribution is 6.06. The number of nitrogens with one attached hydrogen (secondary N) is 1. The maximum atomic E-state index is 12.3. The van der Waals surface area contributed by atoms with Gasteiger partial charge in [0.2, 0.25) is 0 Å². The third kappa shape index (κ3) is 2.04. The molecule has 0 amide bonds. The predicted octanol–water partition coefficient (Wildman–Crippen LogP) is 1.85. The van der Waals surface area contributed by atoms with E-state index in [-0.39, 0.29) is 17.2 Å². The normalized spacial score (nSPS) is 18.0. The molecule has 23 heavy (non-hydrogen) atoms. The molecular weight excluding hydrogens is 298 g/mol. The van der Waals surface area contributed by atoms with Gasteiger partial charge in [0.1, 0.15) is 0 Å². The van der Waals surface area contributed by atoms with Crippen LogP contribution >= 0.6 is 0 Å². The van der Waals surface area contributed by atoms with E-state index in [9.17, 15) is 14.7 Å². The number of aromatic carboxylic acids is 1. The van der Waals surface area contributed by atoms with Crippen LogP contribution in [0.2, 0.25) is 0 Å². The number of ether oxygens (including phenoxy) is 1. The third-order valence-electron chi connectivity index (χ3n) is 4.39. The summed E-state index contributed by atoms with van der Waals surface area (Å²) in [5.41, 5.74) is 1.89. The molecule has 118 valence electrons. The van der Waals surface area contributed by atoms with Crippen molar-refractivity contribution in [3.05, 3.63) is 39.8 Å². The SMILES string of the molecule is Cc1cc2[nH]c(=O)c3cnn([C@@H]4CCOC4)c3c2cc1C(=O)O. The highest BCUT2D eigenvalue weighted by atomic mass is 16.5. The Balaban J connectivity index is 2.12. The summed E-state index contributed by atoms with van der Waals surface area (Å²) in [5, 5.41) is 14.9. The number of rotatable bonds is 2. The number of aromatic amines is 1. The van der Waals surface area contributed by atoms with Crippen LogP contribution in [0, 0.1) is 6.92 Å². The van der Waals surface area contributed by atoms with Crippen LogP contribution in [-0.4, -0.2) is 39.1 Å². The molecular formula is C16H15N3O4. The van der Waals surface area contributed by atoms with Crippen molar-refractivity contribution in [3.8, 4) is 0 Å². The molecule has 0 radical (unpaired) electrons. The van der Waals surface area contributed by atoms with Gasteiger partial charge in [0.25, 0.3) is 5.56 Å². The van der Waals surface area contributed by atoms with E-state index in [1.165, 1.54) is 6.20 Å². The second-order valence-electron chi connectivity index (χ2n) is 5.84. The predicted molar refractivity (Wildman–Crippen MR) is 84.0 cm³/mol. The van der Waals surface area contributed by atoms with Gasteiger partial charge in [-0.1, -0.05) is 0 Å². The second kappa shape index (κ2) is 4.92. The number of aryl methyl sites for hydroxylation is 1. The molecule has 2 aromatic heterocycles. The van der Waals surface area contributed by atoms with Gasteiger partial charge in [0.05, 0.1) is 40.8 Å². The highest BCUT2D eigenvalue weighted by Crippen LogP contribution is 2.29. The zero-order valence-corrected chi connectivity index (χ0v) is 12.5. The number of carboxylic acids is 1. The van der Waals surface area contributed by atoms with Crippen molar-refractivity contribution in [2.24, 2.45) is 0 Å². The Morgan fingerprint density at radius 1 is 1.43 bits per heavy atom. The molecule has 0 bridgehead atoms. The van der Waals surface area contributed by atoms with E-state index >= 15 is 0 Å². The molecule has 1 aromatic carbocycles.